The van der Waals surface area contributed by atoms with E-state index in [2.05, 4.69) is 23.9 Å². The monoisotopic (exact) mass is 251 g/mol. The van der Waals surface area contributed by atoms with Crippen molar-refractivity contribution >= 4 is 11.4 Å². The predicted octanol–water partition coefficient (Wildman–Crippen LogP) is 2.19. The van der Waals surface area contributed by atoms with Gasteiger partial charge in [0.2, 0.25) is 0 Å². The summed E-state index contributed by atoms with van der Waals surface area (Å²) >= 11 is 0. The van der Waals surface area contributed by atoms with Gasteiger partial charge in [-0.3, -0.25) is 0 Å². The SMILES string of the molecule is CN(C)CC1CCN(c2cc(F)ccc2N)CC1. The smallest absolute Gasteiger partial charge is 0.125 e. The van der Waals surface area contributed by atoms with E-state index in [4.69, 9.17) is 5.73 Å². The molecule has 1 aromatic carbocycles. The molecule has 0 unspecified atom stereocenters. The van der Waals surface area contributed by atoms with E-state index >= 15 is 0 Å². The first-order valence-corrected chi connectivity index (χ1v) is 6.51. The second-order valence-electron chi connectivity index (χ2n) is 5.40. The van der Waals surface area contributed by atoms with Crippen LogP contribution >= 0.6 is 0 Å². The van der Waals surface area contributed by atoms with Gasteiger partial charge in [-0.05, 0) is 51.1 Å². The number of piperidine rings is 1. The summed E-state index contributed by atoms with van der Waals surface area (Å²) in [7, 11) is 4.22. The topological polar surface area (TPSA) is 32.5 Å². The van der Waals surface area contributed by atoms with Gasteiger partial charge in [-0.25, -0.2) is 4.39 Å². The van der Waals surface area contributed by atoms with Crippen LogP contribution in [-0.4, -0.2) is 38.6 Å². The summed E-state index contributed by atoms with van der Waals surface area (Å²) in [5.74, 6) is 0.528. The Bertz CT molecular complexity index is 398. The minimum absolute atomic E-state index is 0.213. The van der Waals surface area contributed by atoms with Crippen molar-refractivity contribution in [1.29, 1.82) is 0 Å². The van der Waals surface area contributed by atoms with Crippen molar-refractivity contribution in [1.82, 2.24) is 4.90 Å². The molecule has 1 saturated heterocycles. The van der Waals surface area contributed by atoms with Crippen LogP contribution in [0.2, 0.25) is 0 Å². The Labute approximate surface area is 108 Å². The summed E-state index contributed by atoms with van der Waals surface area (Å²) in [6.07, 6.45) is 2.29. The average Bonchev–Trinajstić information content (AvgIpc) is 2.33. The van der Waals surface area contributed by atoms with Crippen LogP contribution in [0.15, 0.2) is 18.2 Å². The molecule has 0 atom stereocenters. The second kappa shape index (κ2) is 5.57. The minimum atomic E-state index is -0.213. The van der Waals surface area contributed by atoms with Crippen LogP contribution in [0.4, 0.5) is 15.8 Å². The largest absolute Gasteiger partial charge is 0.397 e. The van der Waals surface area contributed by atoms with E-state index in [9.17, 15) is 4.39 Å². The maximum atomic E-state index is 13.3. The number of hydrogen-bond acceptors (Lipinski definition) is 3. The summed E-state index contributed by atoms with van der Waals surface area (Å²) in [5.41, 5.74) is 7.43. The third kappa shape index (κ3) is 3.13. The van der Waals surface area contributed by atoms with Crippen LogP contribution < -0.4 is 10.6 Å². The standard InChI is InChI=1S/C14H22FN3/c1-17(2)10-11-5-7-18(8-6-11)14-9-12(15)3-4-13(14)16/h3-4,9,11H,5-8,10,16H2,1-2H3. The molecule has 1 fully saturated rings. The van der Waals surface area contributed by atoms with E-state index < -0.39 is 0 Å². The number of rotatable bonds is 3. The van der Waals surface area contributed by atoms with E-state index in [0.29, 0.717) is 5.69 Å². The number of nitrogen functional groups attached to an aromatic ring is 1. The third-order valence-corrected chi connectivity index (χ3v) is 3.57. The van der Waals surface area contributed by atoms with Gasteiger partial charge in [0, 0.05) is 19.6 Å². The molecule has 100 valence electrons. The Morgan fingerprint density at radius 3 is 2.61 bits per heavy atom. The predicted molar refractivity (Wildman–Crippen MR) is 74.3 cm³/mol. The number of hydrogen-bond donors (Lipinski definition) is 1. The molecule has 0 saturated carbocycles. The van der Waals surface area contributed by atoms with Gasteiger partial charge in [0.25, 0.3) is 0 Å². The highest BCUT2D eigenvalue weighted by molar-refractivity contribution is 5.67. The minimum Gasteiger partial charge on any atom is -0.397 e. The van der Waals surface area contributed by atoms with Gasteiger partial charge in [-0.1, -0.05) is 0 Å². The van der Waals surface area contributed by atoms with Crippen LogP contribution in [0.25, 0.3) is 0 Å². The van der Waals surface area contributed by atoms with Gasteiger partial charge in [-0.15, -0.1) is 0 Å². The van der Waals surface area contributed by atoms with Gasteiger partial charge in [-0.2, -0.15) is 0 Å². The lowest BCUT2D eigenvalue weighted by Gasteiger charge is -2.35. The number of nitrogens with two attached hydrogens (primary N) is 1. The van der Waals surface area contributed by atoms with Crippen LogP contribution in [0, 0.1) is 11.7 Å². The fraction of sp³-hybridized carbons (Fsp3) is 0.571. The number of anilines is 2. The number of benzene rings is 1. The molecule has 2 rings (SSSR count). The van der Waals surface area contributed by atoms with Crippen molar-refractivity contribution in [2.24, 2.45) is 5.92 Å². The highest BCUT2D eigenvalue weighted by Gasteiger charge is 2.21. The Kier molecular flexibility index (Phi) is 4.07. The fourth-order valence-corrected chi connectivity index (χ4v) is 2.66. The zero-order valence-electron chi connectivity index (χ0n) is 11.2. The van der Waals surface area contributed by atoms with E-state index in [-0.39, 0.29) is 5.82 Å². The quantitative estimate of drug-likeness (QED) is 0.836. The molecule has 1 heterocycles. The van der Waals surface area contributed by atoms with Crippen molar-refractivity contribution in [3.63, 3.8) is 0 Å². The zero-order chi connectivity index (χ0) is 13.1. The molecule has 4 heteroatoms. The Balaban J connectivity index is 1.99. The van der Waals surface area contributed by atoms with Gasteiger partial charge >= 0.3 is 0 Å². The van der Waals surface area contributed by atoms with Crippen molar-refractivity contribution in [3.05, 3.63) is 24.0 Å². The number of nitrogens with zero attached hydrogens (tertiary/aromatic N) is 2. The fourth-order valence-electron chi connectivity index (χ4n) is 2.66. The van der Waals surface area contributed by atoms with Crippen molar-refractivity contribution in [3.8, 4) is 0 Å². The molecule has 0 spiro atoms. The highest BCUT2D eigenvalue weighted by Crippen LogP contribution is 2.28. The van der Waals surface area contributed by atoms with Crippen molar-refractivity contribution in [2.75, 3.05) is 44.4 Å². The van der Waals surface area contributed by atoms with Crippen LogP contribution in [0.3, 0.4) is 0 Å². The lowest BCUT2D eigenvalue weighted by atomic mass is 9.96. The Morgan fingerprint density at radius 2 is 2.00 bits per heavy atom. The van der Waals surface area contributed by atoms with E-state index in [1.54, 1.807) is 12.1 Å². The van der Waals surface area contributed by atoms with Crippen LogP contribution in [0.1, 0.15) is 12.8 Å². The normalized spacial score (nSPS) is 17.4. The molecule has 0 aromatic heterocycles. The molecule has 0 aliphatic carbocycles. The van der Waals surface area contributed by atoms with Crippen LogP contribution in [-0.2, 0) is 0 Å². The van der Waals surface area contributed by atoms with Gasteiger partial charge in [0.1, 0.15) is 5.82 Å². The molecule has 0 radical (unpaired) electrons. The van der Waals surface area contributed by atoms with E-state index in [1.807, 2.05) is 0 Å². The lowest BCUT2D eigenvalue weighted by molar-refractivity contribution is 0.285. The van der Waals surface area contributed by atoms with Gasteiger partial charge in [0.15, 0.2) is 0 Å². The summed E-state index contributed by atoms with van der Waals surface area (Å²) in [4.78, 5) is 4.43. The van der Waals surface area contributed by atoms with Gasteiger partial charge in [0.05, 0.1) is 11.4 Å². The van der Waals surface area contributed by atoms with Gasteiger partial charge < -0.3 is 15.5 Å². The first-order valence-electron chi connectivity index (χ1n) is 6.51. The van der Waals surface area contributed by atoms with Crippen molar-refractivity contribution in [2.45, 2.75) is 12.8 Å². The molecule has 1 aliphatic heterocycles. The van der Waals surface area contributed by atoms with E-state index in [0.717, 1.165) is 44.1 Å². The second-order valence-corrected chi connectivity index (χ2v) is 5.40. The third-order valence-electron chi connectivity index (χ3n) is 3.57. The maximum absolute atomic E-state index is 13.3. The maximum Gasteiger partial charge on any atom is 0.125 e. The van der Waals surface area contributed by atoms with Crippen molar-refractivity contribution < 1.29 is 4.39 Å². The summed E-state index contributed by atoms with van der Waals surface area (Å²) in [5, 5.41) is 0. The summed E-state index contributed by atoms with van der Waals surface area (Å²) in [6, 6.07) is 4.61. The molecule has 1 aliphatic rings. The Morgan fingerprint density at radius 1 is 1.33 bits per heavy atom. The molecule has 0 amide bonds. The molecule has 1 aromatic rings. The molecule has 0 bridgehead atoms. The summed E-state index contributed by atoms with van der Waals surface area (Å²) in [6.45, 7) is 3.06. The average molecular weight is 251 g/mol. The number of halogens is 1. The van der Waals surface area contributed by atoms with Crippen LogP contribution in [0.5, 0.6) is 0 Å². The first-order chi connectivity index (χ1) is 8.56. The molecular weight excluding hydrogens is 229 g/mol. The Hall–Kier alpha value is -1.29. The molecular formula is C14H22FN3. The highest BCUT2D eigenvalue weighted by atomic mass is 19.1. The summed E-state index contributed by atoms with van der Waals surface area (Å²) < 4.78 is 13.3. The molecule has 18 heavy (non-hydrogen) atoms. The van der Waals surface area contributed by atoms with E-state index in [1.165, 1.54) is 6.07 Å². The molecule has 2 N–H and O–H groups in total. The molecule has 3 nitrogen and oxygen atoms in total. The lowest BCUT2D eigenvalue weighted by Crippen LogP contribution is -2.37. The first kappa shape index (κ1) is 13.1. The zero-order valence-corrected chi connectivity index (χ0v) is 11.2.